The monoisotopic (exact) mass is 173 g/mol. The Balaban J connectivity index is 2.38. The summed E-state index contributed by atoms with van der Waals surface area (Å²) in [5.74, 6) is 0. The largest absolute Gasteiger partial charge is 0.0882 e. The number of hydrogen-bond donors (Lipinski definition) is 0. The Morgan fingerprint density at radius 3 is 2.62 bits per heavy atom. The first-order chi connectivity index (χ1) is 6.50. The molecule has 0 fully saturated rings. The molecule has 69 valence electrons. The molecule has 0 spiro atoms. The SMILES string of the molecule is [C]1=CCC=CCCCCC=CC=C1. The fourth-order valence-electron chi connectivity index (χ4n) is 1.23. The van der Waals surface area contributed by atoms with Gasteiger partial charge in [-0.15, -0.1) is 0 Å². The third-order valence-corrected chi connectivity index (χ3v) is 1.97. The number of rotatable bonds is 0. The van der Waals surface area contributed by atoms with Gasteiger partial charge in [-0.05, 0) is 38.2 Å². The Morgan fingerprint density at radius 2 is 1.69 bits per heavy atom. The van der Waals surface area contributed by atoms with Gasteiger partial charge in [0, 0.05) is 0 Å². The van der Waals surface area contributed by atoms with Crippen LogP contribution < -0.4 is 0 Å². The van der Waals surface area contributed by atoms with E-state index >= 15 is 0 Å². The predicted molar refractivity (Wildman–Crippen MR) is 58.3 cm³/mol. The van der Waals surface area contributed by atoms with Gasteiger partial charge in [0.2, 0.25) is 0 Å². The van der Waals surface area contributed by atoms with Crippen LogP contribution in [0.3, 0.4) is 0 Å². The maximum Gasteiger partial charge on any atom is -0.0160 e. The van der Waals surface area contributed by atoms with Crippen molar-refractivity contribution in [2.75, 3.05) is 0 Å². The Bertz CT molecular complexity index is 216. The summed E-state index contributed by atoms with van der Waals surface area (Å²) in [4.78, 5) is 0. The highest BCUT2D eigenvalue weighted by atomic mass is 13.9. The van der Waals surface area contributed by atoms with Crippen molar-refractivity contribution in [2.45, 2.75) is 32.1 Å². The van der Waals surface area contributed by atoms with Crippen molar-refractivity contribution in [3.05, 3.63) is 48.6 Å². The van der Waals surface area contributed by atoms with Crippen molar-refractivity contribution in [2.24, 2.45) is 0 Å². The van der Waals surface area contributed by atoms with Crippen LogP contribution >= 0.6 is 0 Å². The lowest BCUT2D eigenvalue weighted by Gasteiger charge is -1.91. The zero-order valence-corrected chi connectivity index (χ0v) is 8.08. The van der Waals surface area contributed by atoms with Gasteiger partial charge in [0.25, 0.3) is 0 Å². The van der Waals surface area contributed by atoms with Gasteiger partial charge in [-0.3, -0.25) is 0 Å². The quantitative estimate of drug-likeness (QED) is 0.486. The summed E-state index contributed by atoms with van der Waals surface area (Å²) in [5, 5.41) is 0. The molecule has 13 heavy (non-hydrogen) atoms. The zero-order chi connectivity index (χ0) is 9.19. The van der Waals surface area contributed by atoms with Gasteiger partial charge in [0.1, 0.15) is 0 Å². The van der Waals surface area contributed by atoms with Gasteiger partial charge in [-0.2, -0.15) is 0 Å². The first-order valence-corrected chi connectivity index (χ1v) is 5.04. The van der Waals surface area contributed by atoms with Crippen LogP contribution in [0.4, 0.5) is 0 Å². The fraction of sp³-hybridized carbons (Fsp3) is 0.385. The molecule has 0 amide bonds. The van der Waals surface area contributed by atoms with Crippen LogP contribution in [0.5, 0.6) is 0 Å². The van der Waals surface area contributed by atoms with Crippen molar-refractivity contribution in [3.8, 4) is 0 Å². The number of hydrogen-bond acceptors (Lipinski definition) is 0. The van der Waals surface area contributed by atoms with Gasteiger partial charge >= 0.3 is 0 Å². The summed E-state index contributed by atoms with van der Waals surface area (Å²) in [6.45, 7) is 0. The van der Waals surface area contributed by atoms with Gasteiger partial charge in [0.05, 0.1) is 0 Å². The van der Waals surface area contributed by atoms with Gasteiger partial charge in [-0.25, -0.2) is 0 Å². The molecule has 1 radical (unpaired) electrons. The molecule has 1 aliphatic rings. The van der Waals surface area contributed by atoms with Crippen LogP contribution in [0, 0.1) is 6.08 Å². The first kappa shape index (κ1) is 10.0. The van der Waals surface area contributed by atoms with E-state index in [1.54, 1.807) is 0 Å². The predicted octanol–water partition coefficient (Wildman–Crippen LogP) is 3.98. The second-order valence-corrected chi connectivity index (χ2v) is 3.15. The molecular weight excluding hydrogens is 156 g/mol. The van der Waals surface area contributed by atoms with Crippen molar-refractivity contribution < 1.29 is 0 Å². The molecule has 0 saturated heterocycles. The molecule has 0 saturated carbocycles. The molecule has 0 nitrogen and oxygen atoms in total. The van der Waals surface area contributed by atoms with Gasteiger partial charge in [-0.1, -0.05) is 42.5 Å². The summed E-state index contributed by atoms with van der Waals surface area (Å²) < 4.78 is 0. The summed E-state index contributed by atoms with van der Waals surface area (Å²) in [5.41, 5.74) is 0. The molecule has 0 bridgehead atoms. The van der Waals surface area contributed by atoms with E-state index in [1.165, 1.54) is 25.7 Å². The van der Waals surface area contributed by atoms with Crippen LogP contribution in [-0.4, -0.2) is 0 Å². The molecule has 1 aliphatic carbocycles. The van der Waals surface area contributed by atoms with Gasteiger partial charge < -0.3 is 0 Å². The van der Waals surface area contributed by atoms with Crippen molar-refractivity contribution >= 4 is 0 Å². The minimum absolute atomic E-state index is 1.01. The van der Waals surface area contributed by atoms with Gasteiger partial charge in [0.15, 0.2) is 0 Å². The minimum atomic E-state index is 1.01. The average molecular weight is 173 g/mol. The maximum absolute atomic E-state index is 3.12. The third-order valence-electron chi connectivity index (χ3n) is 1.97. The third kappa shape index (κ3) is 6.15. The van der Waals surface area contributed by atoms with Crippen molar-refractivity contribution in [3.63, 3.8) is 0 Å². The molecule has 0 heteroatoms. The minimum Gasteiger partial charge on any atom is -0.0882 e. The highest BCUT2D eigenvalue weighted by Crippen LogP contribution is 2.03. The summed E-state index contributed by atoms with van der Waals surface area (Å²) >= 11 is 0. The molecule has 0 aromatic carbocycles. The highest BCUT2D eigenvalue weighted by molar-refractivity contribution is 5.08. The van der Waals surface area contributed by atoms with E-state index in [9.17, 15) is 0 Å². The molecule has 0 aliphatic heterocycles. The maximum atomic E-state index is 3.12. The Hall–Kier alpha value is -1.04. The fourth-order valence-corrected chi connectivity index (χ4v) is 1.23. The molecule has 0 aromatic heterocycles. The standard InChI is InChI=1S/C13H17/c1-2-4-6-8-10-12-13-11-9-7-5-3-1/h1-4,8,12-13H,5,7,9-11H2. The van der Waals surface area contributed by atoms with Crippen molar-refractivity contribution in [1.29, 1.82) is 0 Å². The van der Waals surface area contributed by atoms with Crippen LogP contribution in [0.25, 0.3) is 0 Å². The first-order valence-electron chi connectivity index (χ1n) is 5.04. The van der Waals surface area contributed by atoms with Crippen LogP contribution in [0.15, 0.2) is 42.5 Å². The molecule has 0 atom stereocenters. The van der Waals surface area contributed by atoms with E-state index in [2.05, 4.69) is 36.5 Å². The van der Waals surface area contributed by atoms with E-state index in [0.29, 0.717) is 0 Å². The summed E-state index contributed by atoms with van der Waals surface area (Å²) in [7, 11) is 0. The lowest BCUT2D eigenvalue weighted by atomic mass is 10.2. The van der Waals surface area contributed by atoms with Crippen LogP contribution in [0.1, 0.15) is 32.1 Å². The van der Waals surface area contributed by atoms with E-state index in [-0.39, 0.29) is 0 Å². The van der Waals surface area contributed by atoms with E-state index < -0.39 is 0 Å². The Kier molecular flexibility index (Phi) is 5.87. The molecule has 0 N–H and O–H groups in total. The van der Waals surface area contributed by atoms with E-state index in [1.807, 2.05) is 12.2 Å². The van der Waals surface area contributed by atoms with E-state index in [0.717, 1.165) is 6.42 Å². The molecule has 0 heterocycles. The van der Waals surface area contributed by atoms with E-state index in [4.69, 9.17) is 0 Å². The normalized spacial score (nSPS) is 19.1. The molecule has 1 rings (SSSR count). The Labute approximate surface area is 81.4 Å². The Morgan fingerprint density at radius 1 is 0.846 bits per heavy atom. The zero-order valence-electron chi connectivity index (χ0n) is 8.08. The highest BCUT2D eigenvalue weighted by Gasteiger charge is 1.83. The topological polar surface area (TPSA) is 0 Å². The smallest absolute Gasteiger partial charge is 0.0160 e. The van der Waals surface area contributed by atoms with Crippen LogP contribution in [-0.2, 0) is 0 Å². The van der Waals surface area contributed by atoms with Crippen molar-refractivity contribution in [1.82, 2.24) is 0 Å². The second-order valence-electron chi connectivity index (χ2n) is 3.15. The lowest BCUT2D eigenvalue weighted by molar-refractivity contribution is 0.761. The summed E-state index contributed by atoms with van der Waals surface area (Å²) in [6, 6.07) is 0. The lowest BCUT2D eigenvalue weighted by Crippen LogP contribution is -1.71. The van der Waals surface area contributed by atoms with Crippen LogP contribution in [0.2, 0.25) is 0 Å². The molecule has 0 aromatic rings. The average Bonchev–Trinajstić information content (AvgIpc) is 2.18. The number of allylic oxidation sites excluding steroid dienone is 8. The second kappa shape index (κ2) is 7.60. The molecular formula is C13H17. The molecule has 0 unspecified atom stereocenters. The summed E-state index contributed by atoms with van der Waals surface area (Å²) in [6.07, 6.45) is 24.0.